The summed E-state index contributed by atoms with van der Waals surface area (Å²) >= 11 is 0. The van der Waals surface area contributed by atoms with Crippen LogP contribution in [0.25, 0.3) is 22.4 Å². The summed E-state index contributed by atoms with van der Waals surface area (Å²) in [7, 11) is 1.83. The maximum atomic E-state index is 5.84. The van der Waals surface area contributed by atoms with Crippen molar-refractivity contribution >= 4 is 22.8 Å². The Labute approximate surface area is 95.7 Å². The molecule has 0 spiro atoms. The molecule has 17 heavy (non-hydrogen) atoms. The van der Waals surface area contributed by atoms with Crippen molar-refractivity contribution in [3.05, 3.63) is 12.3 Å². The van der Waals surface area contributed by atoms with E-state index in [0.717, 1.165) is 11.4 Å². The van der Waals surface area contributed by atoms with E-state index in [1.807, 2.05) is 13.1 Å². The second kappa shape index (κ2) is 3.17. The van der Waals surface area contributed by atoms with Crippen LogP contribution in [0, 0.1) is 0 Å². The maximum absolute atomic E-state index is 5.84. The minimum absolute atomic E-state index is 0.109. The summed E-state index contributed by atoms with van der Waals surface area (Å²) in [6.45, 7) is 0. The number of nitrogens with two attached hydrogens (primary N) is 2. The van der Waals surface area contributed by atoms with Crippen molar-refractivity contribution in [1.82, 2.24) is 29.9 Å². The van der Waals surface area contributed by atoms with E-state index in [0.29, 0.717) is 16.9 Å². The molecule has 0 amide bonds. The first kappa shape index (κ1) is 9.58. The molecule has 0 aliphatic heterocycles. The molecule has 5 N–H and O–H groups in total. The molecule has 0 atom stereocenters. The fraction of sp³-hybridized carbons (Fsp3) is 0.111. The third kappa shape index (κ3) is 1.30. The van der Waals surface area contributed by atoms with Crippen LogP contribution in [0.4, 0.5) is 11.8 Å². The fourth-order valence-corrected chi connectivity index (χ4v) is 1.77. The van der Waals surface area contributed by atoms with E-state index in [1.54, 1.807) is 10.9 Å². The first-order valence-electron chi connectivity index (χ1n) is 4.92. The predicted molar refractivity (Wildman–Crippen MR) is 62.7 cm³/mol. The number of hydrogen-bond donors (Lipinski definition) is 3. The highest BCUT2D eigenvalue weighted by molar-refractivity contribution is 5.97. The highest BCUT2D eigenvalue weighted by Gasteiger charge is 2.15. The van der Waals surface area contributed by atoms with E-state index < -0.39 is 0 Å². The van der Waals surface area contributed by atoms with Crippen molar-refractivity contribution in [3.8, 4) is 11.4 Å². The monoisotopic (exact) mass is 230 g/mol. The molecule has 0 saturated heterocycles. The van der Waals surface area contributed by atoms with Crippen LogP contribution in [0.1, 0.15) is 0 Å². The van der Waals surface area contributed by atoms with E-state index >= 15 is 0 Å². The average molecular weight is 230 g/mol. The fourth-order valence-electron chi connectivity index (χ4n) is 1.77. The van der Waals surface area contributed by atoms with Crippen molar-refractivity contribution < 1.29 is 0 Å². The number of nitrogens with zero attached hydrogens (tertiary/aromatic N) is 5. The van der Waals surface area contributed by atoms with Crippen LogP contribution < -0.4 is 11.5 Å². The Balaban J connectivity index is 2.36. The van der Waals surface area contributed by atoms with Crippen LogP contribution in [0.3, 0.4) is 0 Å². The Morgan fingerprint density at radius 2 is 2.12 bits per heavy atom. The molecule has 0 aliphatic carbocycles. The lowest BCUT2D eigenvalue weighted by molar-refractivity contribution is 0.773. The Bertz CT molecular complexity index is 694. The summed E-state index contributed by atoms with van der Waals surface area (Å²) in [5.74, 6) is 0.413. The number of anilines is 2. The van der Waals surface area contributed by atoms with Gasteiger partial charge in [-0.3, -0.25) is 9.78 Å². The van der Waals surface area contributed by atoms with Crippen LogP contribution in [0.15, 0.2) is 12.3 Å². The largest absolute Gasteiger partial charge is 0.383 e. The minimum Gasteiger partial charge on any atom is -0.383 e. The van der Waals surface area contributed by atoms with Crippen LogP contribution in [-0.4, -0.2) is 29.9 Å². The molecule has 0 unspecified atom stereocenters. The minimum atomic E-state index is 0.109. The van der Waals surface area contributed by atoms with Gasteiger partial charge in [-0.25, -0.2) is 0 Å². The molecule has 0 aromatic carbocycles. The summed E-state index contributed by atoms with van der Waals surface area (Å²) in [6, 6.07) is 1.85. The molecular weight excluding hydrogens is 220 g/mol. The zero-order chi connectivity index (χ0) is 12.0. The average Bonchev–Trinajstić information content (AvgIpc) is 2.83. The van der Waals surface area contributed by atoms with Gasteiger partial charge in [-0.15, -0.1) is 0 Å². The maximum Gasteiger partial charge on any atom is 0.224 e. The molecule has 0 bridgehead atoms. The van der Waals surface area contributed by atoms with Gasteiger partial charge in [0, 0.05) is 13.2 Å². The van der Waals surface area contributed by atoms with Gasteiger partial charge in [-0.2, -0.15) is 20.2 Å². The first-order valence-corrected chi connectivity index (χ1v) is 4.92. The van der Waals surface area contributed by atoms with Gasteiger partial charge in [0.1, 0.15) is 5.82 Å². The quantitative estimate of drug-likeness (QED) is 0.537. The Kier molecular flexibility index (Phi) is 1.79. The van der Waals surface area contributed by atoms with Gasteiger partial charge in [0.15, 0.2) is 5.65 Å². The van der Waals surface area contributed by atoms with Crippen molar-refractivity contribution in [1.29, 1.82) is 0 Å². The topological polar surface area (TPSA) is 124 Å². The van der Waals surface area contributed by atoms with Crippen molar-refractivity contribution in [2.45, 2.75) is 0 Å². The summed E-state index contributed by atoms with van der Waals surface area (Å²) in [5, 5.41) is 11.7. The number of H-pyrrole nitrogens is 1. The zero-order valence-electron chi connectivity index (χ0n) is 9.05. The summed E-state index contributed by atoms with van der Waals surface area (Å²) < 4.78 is 1.71. The number of aryl methyl sites for hydroxylation is 1. The highest BCUT2D eigenvalue weighted by atomic mass is 15.3. The number of rotatable bonds is 1. The molecule has 0 radical (unpaired) electrons. The van der Waals surface area contributed by atoms with Crippen LogP contribution in [0.5, 0.6) is 0 Å². The SMILES string of the molecule is Cn1nccc1-c1[nH]nc2nc(N)nc(N)c12. The molecule has 3 heterocycles. The molecule has 3 aromatic heterocycles. The van der Waals surface area contributed by atoms with Gasteiger partial charge in [0.05, 0.1) is 16.8 Å². The van der Waals surface area contributed by atoms with E-state index in [9.17, 15) is 0 Å². The number of fused-ring (bicyclic) bond motifs is 1. The number of hydrogen-bond acceptors (Lipinski definition) is 6. The molecule has 0 saturated carbocycles. The number of aromatic nitrogens is 6. The zero-order valence-corrected chi connectivity index (χ0v) is 9.05. The van der Waals surface area contributed by atoms with Gasteiger partial charge in [0.25, 0.3) is 0 Å². The second-order valence-electron chi connectivity index (χ2n) is 3.60. The molecule has 8 nitrogen and oxygen atoms in total. The molecule has 3 aromatic rings. The van der Waals surface area contributed by atoms with Gasteiger partial charge in [-0.1, -0.05) is 0 Å². The Hall–Kier alpha value is -2.64. The van der Waals surface area contributed by atoms with Crippen molar-refractivity contribution in [2.75, 3.05) is 11.5 Å². The van der Waals surface area contributed by atoms with Gasteiger partial charge >= 0.3 is 0 Å². The van der Waals surface area contributed by atoms with E-state index in [1.165, 1.54) is 0 Å². The predicted octanol–water partition coefficient (Wildman–Crippen LogP) is -0.0822. The number of aromatic amines is 1. The van der Waals surface area contributed by atoms with E-state index in [-0.39, 0.29) is 5.95 Å². The van der Waals surface area contributed by atoms with E-state index in [4.69, 9.17) is 11.5 Å². The third-order valence-corrected chi connectivity index (χ3v) is 2.54. The third-order valence-electron chi connectivity index (χ3n) is 2.54. The van der Waals surface area contributed by atoms with Crippen molar-refractivity contribution in [2.24, 2.45) is 7.05 Å². The Morgan fingerprint density at radius 3 is 2.82 bits per heavy atom. The van der Waals surface area contributed by atoms with Crippen LogP contribution >= 0.6 is 0 Å². The van der Waals surface area contributed by atoms with Crippen LogP contribution in [-0.2, 0) is 7.05 Å². The lowest BCUT2D eigenvalue weighted by Gasteiger charge is -2.01. The molecule has 3 rings (SSSR count). The second-order valence-corrected chi connectivity index (χ2v) is 3.60. The summed E-state index contributed by atoms with van der Waals surface area (Å²) in [5.41, 5.74) is 13.4. The van der Waals surface area contributed by atoms with Crippen molar-refractivity contribution in [3.63, 3.8) is 0 Å². The summed E-state index contributed by atoms with van der Waals surface area (Å²) in [4.78, 5) is 7.94. The molecule has 8 heteroatoms. The number of nitrogens with one attached hydrogen (secondary N) is 1. The van der Waals surface area contributed by atoms with Gasteiger partial charge < -0.3 is 11.5 Å². The molecule has 0 aliphatic rings. The molecule has 86 valence electrons. The number of nitrogen functional groups attached to an aromatic ring is 2. The summed E-state index contributed by atoms with van der Waals surface area (Å²) in [6.07, 6.45) is 1.69. The highest BCUT2D eigenvalue weighted by Crippen LogP contribution is 2.28. The molecular formula is C9H10N8. The van der Waals surface area contributed by atoms with Crippen LogP contribution in [0.2, 0.25) is 0 Å². The Morgan fingerprint density at radius 1 is 1.29 bits per heavy atom. The van der Waals surface area contributed by atoms with Gasteiger partial charge in [0.2, 0.25) is 5.95 Å². The normalized spacial score (nSPS) is 11.1. The smallest absolute Gasteiger partial charge is 0.224 e. The molecule has 0 fully saturated rings. The standard InChI is InChI=1S/C9H10N8/c1-17-4(2-3-12-17)6-5-7(10)13-9(11)14-8(5)16-15-6/h2-3H,1H3,(H5,10,11,13,14,15,16). The van der Waals surface area contributed by atoms with E-state index in [2.05, 4.69) is 25.3 Å². The first-order chi connectivity index (χ1) is 8.16. The lowest BCUT2D eigenvalue weighted by Crippen LogP contribution is -2.00. The lowest BCUT2D eigenvalue weighted by atomic mass is 10.2. The van der Waals surface area contributed by atoms with Gasteiger partial charge in [-0.05, 0) is 6.07 Å².